The Morgan fingerprint density at radius 2 is 2.13 bits per heavy atom. The summed E-state index contributed by atoms with van der Waals surface area (Å²) in [7, 11) is 0. The molecule has 0 aliphatic carbocycles. The molecule has 3 heterocycles. The standard InChI is InChI=1S/C17H22ClN3OS/c1-3-8-21-14(17(22)20-9-6-12(2)7-10-20)11-13(19-21)15-4-5-16(18)23-15/h4-5,11-12H,3,6-10H2,1-2H3. The third-order valence-electron chi connectivity index (χ3n) is 4.33. The molecule has 6 heteroatoms. The van der Waals surface area contributed by atoms with Crippen LogP contribution in [0.1, 0.15) is 43.6 Å². The summed E-state index contributed by atoms with van der Waals surface area (Å²) in [5, 5.41) is 4.64. The van der Waals surface area contributed by atoms with Crippen molar-refractivity contribution in [2.75, 3.05) is 13.1 Å². The average Bonchev–Trinajstić information content (AvgIpc) is 3.14. The zero-order chi connectivity index (χ0) is 16.4. The number of piperidine rings is 1. The van der Waals surface area contributed by atoms with Gasteiger partial charge in [0.1, 0.15) is 11.4 Å². The number of nitrogens with zero attached hydrogens (tertiary/aromatic N) is 3. The number of carbonyl (C=O) groups is 1. The summed E-state index contributed by atoms with van der Waals surface area (Å²) in [6, 6.07) is 5.74. The lowest BCUT2D eigenvalue weighted by atomic mass is 9.99. The third-order valence-corrected chi connectivity index (χ3v) is 5.58. The van der Waals surface area contributed by atoms with Crippen molar-refractivity contribution in [1.82, 2.24) is 14.7 Å². The lowest BCUT2D eigenvalue weighted by molar-refractivity contribution is 0.0684. The molecule has 1 aliphatic heterocycles. The van der Waals surface area contributed by atoms with Gasteiger partial charge in [0, 0.05) is 19.6 Å². The van der Waals surface area contributed by atoms with Crippen molar-refractivity contribution in [3.8, 4) is 10.6 Å². The van der Waals surface area contributed by atoms with Gasteiger partial charge in [0.25, 0.3) is 5.91 Å². The van der Waals surface area contributed by atoms with E-state index in [1.54, 1.807) is 0 Å². The average molecular weight is 352 g/mol. The van der Waals surface area contributed by atoms with Crippen molar-refractivity contribution in [3.63, 3.8) is 0 Å². The highest BCUT2D eigenvalue weighted by atomic mass is 35.5. The Labute approximate surface area is 146 Å². The summed E-state index contributed by atoms with van der Waals surface area (Å²) >= 11 is 7.52. The van der Waals surface area contributed by atoms with Crippen LogP contribution in [0, 0.1) is 5.92 Å². The zero-order valence-electron chi connectivity index (χ0n) is 13.6. The van der Waals surface area contributed by atoms with Crippen LogP contribution in [0.25, 0.3) is 10.6 Å². The van der Waals surface area contributed by atoms with E-state index < -0.39 is 0 Å². The molecule has 3 rings (SSSR count). The molecule has 0 radical (unpaired) electrons. The molecule has 1 fully saturated rings. The number of hydrogen-bond acceptors (Lipinski definition) is 3. The minimum atomic E-state index is 0.103. The van der Waals surface area contributed by atoms with E-state index in [1.165, 1.54) is 11.3 Å². The Morgan fingerprint density at radius 3 is 2.74 bits per heavy atom. The van der Waals surface area contributed by atoms with Gasteiger partial charge in [-0.25, -0.2) is 0 Å². The first-order valence-electron chi connectivity index (χ1n) is 8.21. The number of amides is 1. The van der Waals surface area contributed by atoms with E-state index in [1.807, 2.05) is 27.8 Å². The Balaban J connectivity index is 1.87. The molecule has 23 heavy (non-hydrogen) atoms. The molecule has 0 saturated carbocycles. The van der Waals surface area contributed by atoms with E-state index in [2.05, 4.69) is 18.9 Å². The summed E-state index contributed by atoms with van der Waals surface area (Å²) in [5.74, 6) is 0.815. The maximum absolute atomic E-state index is 12.9. The van der Waals surface area contributed by atoms with Gasteiger partial charge in [0.05, 0.1) is 9.21 Å². The smallest absolute Gasteiger partial charge is 0.272 e. The highest BCUT2D eigenvalue weighted by molar-refractivity contribution is 7.19. The van der Waals surface area contributed by atoms with Crippen molar-refractivity contribution in [2.45, 2.75) is 39.7 Å². The number of hydrogen-bond donors (Lipinski definition) is 0. The molecule has 1 amide bonds. The highest BCUT2D eigenvalue weighted by Gasteiger charge is 2.25. The van der Waals surface area contributed by atoms with Gasteiger partial charge in [-0.15, -0.1) is 11.3 Å². The first-order valence-corrected chi connectivity index (χ1v) is 9.40. The van der Waals surface area contributed by atoms with Crippen LogP contribution in [0.4, 0.5) is 0 Å². The molecule has 2 aromatic rings. The molecule has 4 nitrogen and oxygen atoms in total. The van der Waals surface area contributed by atoms with Gasteiger partial charge in [-0.1, -0.05) is 25.4 Å². The van der Waals surface area contributed by atoms with Gasteiger partial charge in [0.15, 0.2) is 0 Å². The summed E-state index contributed by atoms with van der Waals surface area (Å²) in [6.07, 6.45) is 3.12. The lowest BCUT2D eigenvalue weighted by Crippen LogP contribution is -2.38. The van der Waals surface area contributed by atoms with Crippen LogP contribution in [-0.4, -0.2) is 33.7 Å². The van der Waals surface area contributed by atoms with Crippen LogP contribution in [0.5, 0.6) is 0 Å². The fraction of sp³-hybridized carbons (Fsp3) is 0.529. The van der Waals surface area contributed by atoms with Gasteiger partial charge in [-0.2, -0.15) is 5.10 Å². The largest absolute Gasteiger partial charge is 0.337 e. The molecule has 0 spiro atoms. The van der Waals surface area contributed by atoms with Crippen LogP contribution < -0.4 is 0 Å². The number of rotatable bonds is 4. The lowest BCUT2D eigenvalue weighted by Gasteiger charge is -2.30. The predicted octanol–water partition coefficient (Wildman–Crippen LogP) is 4.55. The number of thiophene rings is 1. The fourth-order valence-electron chi connectivity index (χ4n) is 2.92. The summed E-state index contributed by atoms with van der Waals surface area (Å²) in [6.45, 7) is 6.79. The minimum absolute atomic E-state index is 0.103. The monoisotopic (exact) mass is 351 g/mol. The maximum atomic E-state index is 12.9. The first kappa shape index (κ1) is 16.5. The SMILES string of the molecule is CCCn1nc(-c2ccc(Cl)s2)cc1C(=O)N1CCC(C)CC1. The number of carbonyl (C=O) groups excluding carboxylic acids is 1. The maximum Gasteiger partial charge on any atom is 0.272 e. The van der Waals surface area contributed by atoms with Crippen molar-refractivity contribution in [1.29, 1.82) is 0 Å². The second kappa shape index (κ2) is 7.05. The van der Waals surface area contributed by atoms with Gasteiger partial charge in [-0.3, -0.25) is 9.48 Å². The van der Waals surface area contributed by atoms with Crippen LogP contribution in [-0.2, 0) is 6.54 Å². The van der Waals surface area contributed by atoms with Gasteiger partial charge >= 0.3 is 0 Å². The van der Waals surface area contributed by atoms with E-state index >= 15 is 0 Å². The highest BCUT2D eigenvalue weighted by Crippen LogP contribution is 2.31. The Morgan fingerprint density at radius 1 is 1.39 bits per heavy atom. The molecule has 0 unspecified atom stereocenters. The molecule has 0 bridgehead atoms. The molecule has 2 aromatic heterocycles. The number of likely N-dealkylation sites (tertiary alicyclic amines) is 1. The summed E-state index contributed by atoms with van der Waals surface area (Å²) in [4.78, 5) is 15.9. The van der Waals surface area contributed by atoms with E-state index in [0.29, 0.717) is 11.6 Å². The molecular formula is C17H22ClN3OS. The molecule has 0 atom stereocenters. The molecule has 0 N–H and O–H groups in total. The van der Waals surface area contributed by atoms with Crippen molar-refractivity contribution < 1.29 is 4.79 Å². The van der Waals surface area contributed by atoms with Gasteiger partial charge in [0.2, 0.25) is 0 Å². The molecule has 0 aromatic carbocycles. The molecular weight excluding hydrogens is 330 g/mol. The number of aryl methyl sites for hydroxylation is 1. The van der Waals surface area contributed by atoms with Crippen LogP contribution >= 0.6 is 22.9 Å². The topological polar surface area (TPSA) is 38.1 Å². The van der Waals surface area contributed by atoms with E-state index in [4.69, 9.17) is 11.6 Å². The van der Waals surface area contributed by atoms with E-state index in [0.717, 1.165) is 53.8 Å². The van der Waals surface area contributed by atoms with E-state index in [-0.39, 0.29) is 5.91 Å². The van der Waals surface area contributed by atoms with Crippen molar-refractivity contribution in [3.05, 3.63) is 28.2 Å². The Hall–Kier alpha value is -1.33. The quantitative estimate of drug-likeness (QED) is 0.810. The Bertz CT molecular complexity index is 686. The van der Waals surface area contributed by atoms with Crippen LogP contribution in [0.2, 0.25) is 4.34 Å². The van der Waals surface area contributed by atoms with Crippen molar-refractivity contribution in [2.24, 2.45) is 5.92 Å². The second-order valence-corrected chi connectivity index (χ2v) is 7.93. The third kappa shape index (κ3) is 3.61. The number of halogens is 1. The summed E-state index contributed by atoms with van der Waals surface area (Å²) < 4.78 is 2.59. The molecule has 1 saturated heterocycles. The second-order valence-electron chi connectivity index (χ2n) is 6.22. The Kier molecular flexibility index (Phi) is 5.07. The van der Waals surface area contributed by atoms with Crippen LogP contribution in [0.15, 0.2) is 18.2 Å². The predicted molar refractivity (Wildman–Crippen MR) is 95.1 cm³/mol. The molecule has 124 valence electrons. The van der Waals surface area contributed by atoms with Crippen molar-refractivity contribution >= 4 is 28.8 Å². The first-order chi connectivity index (χ1) is 11.1. The fourth-order valence-corrected chi connectivity index (χ4v) is 3.92. The molecule has 1 aliphatic rings. The number of aromatic nitrogens is 2. The summed E-state index contributed by atoms with van der Waals surface area (Å²) in [5.41, 5.74) is 1.53. The van der Waals surface area contributed by atoms with Crippen LogP contribution in [0.3, 0.4) is 0 Å². The van der Waals surface area contributed by atoms with Gasteiger partial charge < -0.3 is 4.90 Å². The normalized spacial score (nSPS) is 16.0. The van der Waals surface area contributed by atoms with Gasteiger partial charge in [-0.05, 0) is 43.4 Å². The zero-order valence-corrected chi connectivity index (χ0v) is 15.2. The minimum Gasteiger partial charge on any atom is -0.337 e. The van der Waals surface area contributed by atoms with E-state index in [9.17, 15) is 4.79 Å².